The zero-order chi connectivity index (χ0) is 11.5. The zero-order valence-corrected chi connectivity index (χ0v) is 9.25. The van der Waals surface area contributed by atoms with Crippen LogP contribution in [0, 0.1) is 6.92 Å². The van der Waals surface area contributed by atoms with E-state index in [2.05, 4.69) is 11.9 Å². The number of benzene rings is 1. The second kappa shape index (κ2) is 4.39. The molecule has 1 radical (unpaired) electrons. The predicted molar refractivity (Wildman–Crippen MR) is 63.3 cm³/mol. The Kier molecular flexibility index (Phi) is 2.95. The predicted octanol–water partition coefficient (Wildman–Crippen LogP) is 2.72. The molecule has 16 heavy (non-hydrogen) atoms. The lowest BCUT2D eigenvalue weighted by atomic mass is 10.1. The molecule has 1 N–H and O–H groups in total. The molecule has 0 aliphatic heterocycles. The number of hydrogen-bond acceptors (Lipinski definition) is 2. The van der Waals surface area contributed by atoms with Crippen LogP contribution in [0.3, 0.4) is 0 Å². The highest BCUT2D eigenvalue weighted by Gasteiger charge is 2.08. The molecule has 3 heteroatoms. The first kappa shape index (κ1) is 10.7. The summed E-state index contributed by atoms with van der Waals surface area (Å²) in [6, 6.07) is 5.52. The van der Waals surface area contributed by atoms with Gasteiger partial charge in [0.25, 0.3) is 0 Å². The van der Waals surface area contributed by atoms with E-state index in [1.807, 2.05) is 18.3 Å². The van der Waals surface area contributed by atoms with Crippen LogP contribution in [0.2, 0.25) is 0 Å². The van der Waals surface area contributed by atoms with Crippen molar-refractivity contribution in [3.63, 3.8) is 0 Å². The van der Waals surface area contributed by atoms with Gasteiger partial charge in [-0.05, 0) is 36.6 Å². The maximum atomic E-state index is 11.4. The molecule has 2 rings (SSSR count). The highest BCUT2D eigenvalue weighted by molar-refractivity contribution is 5.95. The van der Waals surface area contributed by atoms with E-state index in [1.54, 1.807) is 6.07 Å². The lowest BCUT2D eigenvalue weighted by molar-refractivity contribution is 0.0601. The summed E-state index contributed by atoms with van der Waals surface area (Å²) in [4.78, 5) is 14.6. The topological polar surface area (TPSA) is 42.1 Å². The number of aromatic amines is 1. The van der Waals surface area contributed by atoms with E-state index in [9.17, 15) is 4.79 Å². The number of hydrogen-bond donors (Lipinski definition) is 1. The molecule has 0 saturated carbocycles. The summed E-state index contributed by atoms with van der Waals surface area (Å²) in [6.45, 7) is 3.84. The minimum absolute atomic E-state index is 0.302. The number of ether oxygens (including phenoxy) is 1. The summed E-state index contributed by atoms with van der Waals surface area (Å²) in [7, 11) is 1.39. The Morgan fingerprint density at radius 1 is 1.50 bits per heavy atom. The van der Waals surface area contributed by atoms with Gasteiger partial charge in [-0.1, -0.05) is 6.92 Å². The Labute approximate surface area is 94.4 Å². The highest BCUT2D eigenvalue weighted by Crippen LogP contribution is 2.21. The molecule has 83 valence electrons. The normalized spacial score (nSPS) is 10.6. The van der Waals surface area contributed by atoms with Gasteiger partial charge in [0.2, 0.25) is 0 Å². The van der Waals surface area contributed by atoms with Gasteiger partial charge in [-0.15, -0.1) is 0 Å². The first-order valence-electron chi connectivity index (χ1n) is 5.24. The fourth-order valence-electron chi connectivity index (χ4n) is 1.82. The summed E-state index contributed by atoms with van der Waals surface area (Å²) in [5, 5.41) is 1.08. The molecule has 0 atom stereocenters. The number of H-pyrrole nitrogens is 1. The third kappa shape index (κ3) is 1.81. The van der Waals surface area contributed by atoms with Crippen LogP contribution in [0.1, 0.15) is 22.3 Å². The van der Waals surface area contributed by atoms with Crippen molar-refractivity contribution in [2.24, 2.45) is 0 Å². The minimum atomic E-state index is -0.302. The molecule has 3 nitrogen and oxygen atoms in total. The van der Waals surface area contributed by atoms with Crippen molar-refractivity contribution in [1.82, 2.24) is 4.98 Å². The third-order valence-electron chi connectivity index (χ3n) is 2.63. The Bertz CT molecular complexity index is 514. The number of carbonyl (C=O) groups excluding carboxylic acids is 1. The monoisotopic (exact) mass is 216 g/mol. The molecule has 2 aromatic rings. The van der Waals surface area contributed by atoms with Gasteiger partial charge < -0.3 is 9.72 Å². The fraction of sp³-hybridized carbons (Fsp3) is 0.231. The maximum absolute atomic E-state index is 11.4. The van der Waals surface area contributed by atoms with Crippen LogP contribution in [0.4, 0.5) is 0 Å². The quantitative estimate of drug-likeness (QED) is 0.801. The van der Waals surface area contributed by atoms with Gasteiger partial charge in [0, 0.05) is 17.1 Å². The molecule has 1 aromatic heterocycles. The van der Waals surface area contributed by atoms with Gasteiger partial charge in [-0.2, -0.15) is 0 Å². The minimum Gasteiger partial charge on any atom is -0.465 e. The Balaban J connectivity index is 2.49. The Morgan fingerprint density at radius 3 is 3.00 bits per heavy atom. The molecular weight excluding hydrogens is 202 g/mol. The van der Waals surface area contributed by atoms with Crippen LogP contribution in [-0.2, 0) is 11.2 Å². The van der Waals surface area contributed by atoms with Crippen LogP contribution < -0.4 is 0 Å². The second-order valence-corrected chi connectivity index (χ2v) is 3.67. The van der Waals surface area contributed by atoms with Gasteiger partial charge in [-0.25, -0.2) is 4.79 Å². The van der Waals surface area contributed by atoms with Crippen LogP contribution in [0.5, 0.6) is 0 Å². The molecule has 0 aliphatic rings. The van der Waals surface area contributed by atoms with E-state index < -0.39 is 0 Å². The number of carbonyl (C=O) groups is 1. The number of rotatable bonds is 3. The number of nitrogens with one attached hydrogen (secondary N) is 1. The van der Waals surface area contributed by atoms with Crippen molar-refractivity contribution in [3.8, 4) is 0 Å². The van der Waals surface area contributed by atoms with E-state index in [1.165, 1.54) is 12.7 Å². The Hall–Kier alpha value is -1.77. The number of fused-ring (bicyclic) bond motifs is 1. The van der Waals surface area contributed by atoms with Gasteiger partial charge >= 0.3 is 5.97 Å². The fourth-order valence-corrected chi connectivity index (χ4v) is 1.82. The second-order valence-electron chi connectivity index (χ2n) is 3.67. The van der Waals surface area contributed by atoms with Crippen LogP contribution in [0.15, 0.2) is 24.4 Å². The largest absolute Gasteiger partial charge is 0.465 e. The first-order valence-corrected chi connectivity index (χ1v) is 5.24. The van der Waals surface area contributed by atoms with Gasteiger partial charge in [0.05, 0.1) is 12.7 Å². The molecule has 0 fully saturated rings. The molecule has 0 spiro atoms. The van der Waals surface area contributed by atoms with Crippen molar-refractivity contribution >= 4 is 16.9 Å². The molecule has 1 heterocycles. The van der Waals surface area contributed by atoms with Crippen LogP contribution in [0.25, 0.3) is 10.9 Å². The van der Waals surface area contributed by atoms with Crippen LogP contribution >= 0.6 is 0 Å². The highest BCUT2D eigenvalue weighted by atomic mass is 16.5. The van der Waals surface area contributed by atoms with Gasteiger partial charge in [0.15, 0.2) is 0 Å². The molecule has 0 aliphatic carbocycles. The van der Waals surface area contributed by atoms with E-state index in [4.69, 9.17) is 4.74 Å². The molecule has 1 aromatic carbocycles. The van der Waals surface area contributed by atoms with E-state index >= 15 is 0 Å². The number of esters is 1. The van der Waals surface area contributed by atoms with Crippen molar-refractivity contribution in [2.45, 2.75) is 12.8 Å². The van der Waals surface area contributed by atoms with Crippen LogP contribution in [-0.4, -0.2) is 18.1 Å². The zero-order valence-electron chi connectivity index (χ0n) is 9.25. The molecular formula is C13H14NO2. The van der Waals surface area contributed by atoms with E-state index in [0.29, 0.717) is 5.56 Å². The first-order chi connectivity index (χ1) is 7.76. The molecule has 0 amide bonds. The maximum Gasteiger partial charge on any atom is 0.337 e. The third-order valence-corrected chi connectivity index (χ3v) is 2.63. The SMILES string of the molecule is [CH2]CCc1c[nH]c2ccc(C(=O)OC)cc12. The molecule has 0 unspecified atom stereocenters. The summed E-state index contributed by atoms with van der Waals surface area (Å²) < 4.78 is 4.70. The number of aromatic nitrogens is 1. The van der Waals surface area contributed by atoms with Crippen molar-refractivity contribution in [2.75, 3.05) is 7.11 Å². The van der Waals surface area contributed by atoms with Crippen molar-refractivity contribution < 1.29 is 9.53 Å². The molecule has 0 bridgehead atoms. The number of aryl methyl sites for hydroxylation is 1. The average molecular weight is 216 g/mol. The summed E-state index contributed by atoms with van der Waals surface area (Å²) in [5.41, 5.74) is 2.81. The lowest BCUT2D eigenvalue weighted by Crippen LogP contribution is -2.00. The summed E-state index contributed by atoms with van der Waals surface area (Å²) in [6.07, 6.45) is 3.72. The molecule has 0 saturated heterocycles. The lowest BCUT2D eigenvalue weighted by Gasteiger charge is -2.00. The average Bonchev–Trinajstić information content (AvgIpc) is 2.71. The smallest absolute Gasteiger partial charge is 0.337 e. The van der Waals surface area contributed by atoms with Crippen molar-refractivity contribution in [3.05, 3.63) is 42.4 Å². The van der Waals surface area contributed by atoms with Gasteiger partial charge in [-0.3, -0.25) is 0 Å². The Morgan fingerprint density at radius 2 is 2.31 bits per heavy atom. The van der Waals surface area contributed by atoms with Gasteiger partial charge in [0.1, 0.15) is 0 Å². The number of methoxy groups -OCH3 is 1. The van der Waals surface area contributed by atoms with Crippen molar-refractivity contribution in [1.29, 1.82) is 0 Å². The van der Waals surface area contributed by atoms with E-state index in [-0.39, 0.29) is 5.97 Å². The summed E-state index contributed by atoms with van der Waals surface area (Å²) in [5.74, 6) is -0.302. The standard InChI is InChI=1S/C13H14NO2/c1-3-4-10-8-14-12-6-5-9(7-11(10)12)13(15)16-2/h5-8,14H,1,3-4H2,2H3. The summed E-state index contributed by atoms with van der Waals surface area (Å²) >= 11 is 0. The van der Waals surface area contributed by atoms with E-state index in [0.717, 1.165) is 23.7 Å².